The van der Waals surface area contributed by atoms with E-state index in [1.54, 1.807) is 0 Å². The van der Waals surface area contributed by atoms with Crippen LogP contribution >= 0.6 is 0 Å². The first-order valence-electron chi connectivity index (χ1n) is 9.22. The van der Waals surface area contributed by atoms with Crippen LogP contribution in [-0.4, -0.2) is 40.7 Å². The number of carbonyl (C=O) groups excluding carboxylic acids is 2. The van der Waals surface area contributed by atoms with Crippen LogP contribution in [0.1, 0.15) is 50.2 Å². The Hall–Kier alpha value is -1.84. The Kier molecular flexibility index (Phi) is 5.22. The normalized spacial score (nSPS) is 20.8. The fourth-order valence-electron chi connectivity index (χ4n) is 3.64. The maximum absolute atomic E-state index is 13.1. The number of carbonyl (C=O) groups is 2. The molecular formula is C20H28N2O2. The predicted octanol–water partition coefficient (Wildman–Crippen LogP) is 3.13. The molecule has 1 aromatic rings. The molecule has 0 N–H and O–H groups in total. The number of hydrogen-bond acceptors (Lipinski definition) is 2. The summed E-state index contributed by atoms with van der Waals surface area (Å²) in [5, 5.41) is 0. The lowest BCUT2D eigenvalue weighted by Crippen LogP contribution is -2.47. The van der Waals surface area contributed by atoms with Crippen LogP contribution in [0.5, 0.6) is 0 Å². The third-order valence-corrected chi connectivity index (χ3v) is 5.13. The van der Waals surface area contributed by atoms with Crippen molar-refractivity contribution in [3.05, 3.63) is 35.4 Å². The van der Waals surface area contributed by atoms with E-state index in [0.29, 0.717) is 25.6 Å². The molecule has 130 valence electrons. The summed E-state index contributed by atoms with van der Waals surface area (Å²) >= 11 is 0. The molecule has 1 unspecified atom stereocenters. The Morgan fingerprint density at radius 1 is 1.25 bits per heavy atom. The van der Waals surface area contributed by atoms with Crippen LogP contribution in [-0.2, 0) is 16.1 Å². The summed E-state index contributed by atoms with van der Waals surface area (Å²) in [5.41, 5.74) is 2.43. The minimum atomic E-state index is -0.0281. The molecule has 0 spiro atoms. The molecule has 0 aromatic heterocycles. The van der Waals surface area contributed by atoms with Crippen LogP contribution < -0.4 is 0 Å². The summed E-state index contributed by atoms with van der Waals surface area (Å²) in [6.07, 6.45) is 4.59. The average Bonchev–Trinajstić information content (AvgIpc) is 3.43. The van der Waals surface area contributed by atoms with Crippen LogP contribution in [0.4, 0.5) is 0 Å². The van der Waals surface area contributed by atoms with Gasteiger partial charge in [-0.05, 0) is 38.2 Å². The van der Waals surface area contributed by atoms with Crippen LogP contribution in [0, 0.1) is 12.8 Å². The van der Waals surface area contributed by atoms with E-state index >= 15 is 0 Å². The van der Waals surface area contributed by atoms with E-state index in [-0.39, 0.29) is 17.7 Å². The monoisotopic (exact) mass is 328 g/mol. The molecule has 4 heteroatoms. The van der Waals surface area contributed by atoms with Crippen molar-refractivity contribution >= 4 is 11.8 Å². The van der Waals surface area contributed by atoms with Crippen molar-refractivity contribution in [1.82, 2.24) is 9.80 Å². The molecule has 0 radical (unpaired) electrons. The van der Waals surface area contributed by atoms with Crippen molar-refractivity contribution in [2.75, 3.05) is 13.1 Å². The Labute approximate surface area is 144 Å². The van der Waals surface area contributed by atoms with Gasteiger partial charge in [0, 0.05) is 32.1 Å². The minimum absolute atomic E-state index is 0.0281. The molecule has 2 amide bonds. The Morgan fingerprint density at radius 3 is 2.71 bits per heavy atom. The van der Waals surface area contributed by atoms with Crippen LogP contribution in [0.25, 0.3) is 0 Å². The number of nitrogens with zero attached hydrogens (tertiary/aromatic N) is 2. The predicted molar refractivity (Wildman–Crippen MR) is 94.3 cm³/mol. The van der Waals surface area contributed by atoms with Gasteiger partial charge in [-0.15, -0.1) is 0 Å². The van der Waals surface area contributed by atoms with Crippen LogP contribution in [0.2, 0.25) is 0 Å². The van der Waals surface area contributed by atoms with E-state index < -0.39 is 0 Å². The van der Waals surface area contributed by atoms with Crippen LogP contribution in [0.3, 0.4) is 0 Å². The number of aryl methyl sites for hydroxylation is 1. The highest BCUT2D eigenvalue weighted by atomic mass is 16.2. The molecule has 1 aromatic carbocycles. The second-order valence-electron chi connectivity index (χ2n) is 7.22. The fourth-order valence-corrected chi connectivity index (χ4v) is 3.64. The first kappa shape index (κ1) is 17.0. The molecule has 4 nitrogen and oxygen atoms in total. The average molecular weight is 328 g/mol. The van der Waals surface area contributed by atoms with Crippen molar-refractivity contribution in [2.45, 2.75) is 58.5 Å². The fraction of sp³-hybridized carbons (Fsp3) is 0.600. The topological polar surface area (TPSA) is 40.6 Å². The van der Waals surface area contributed by atoms with Gasteiger partial charge in [-0.2, -0.15) is 0 Å². The molecule has 3 rings (SSSR count). The molecule has 1 saturated carbocycles. The SMILES string of the molecule is CCC(=O)N1CCCC(C(=O)N(Cc2cccc(C)c2)C2CC2)C1. The lowest BCUT2D eigenvalue weighted by molar-refractivity contribution is -0.141. The number of piperidine rings is 1. The van der Waals surface area contributed by atoms with Gasteiger partial charge in [0.25, 0.3) is 0 Å². The second kappa shape index (κ2) is 7.37. The second-order valence-corrected chi connectivity index (χ2v) is 7.22. The number of amides is 2. The Morgan fingerprint density at radius 2 is 2.04 bits per heavy atom. The largest absolute Gasteiger partial charge is 0.342 e. The molecule has 2 aliphatic rings. The lowest BCUT2D eigenvalue weighted by Gasteiger charge is -2.35. The summed E-state index contributed by atoms with van der Waals surface area (Å²) in [4.78, 5) is 29.0. The van der Waals surface area contributed by atoms with Gasteiger partial charge in [0.15, 0.2) is 0 Å². The first-order chi connectivity index (χ1) is 11.6. The molecule has 1 saturated heterocycles. The van der Waals surface area contributed by atoms with E-state index in [4.69, 9.17) is 0 Å². The van der Waals surface area contributed by atoms with Crippen molar-refractivity contribution in [2.24, 2.45) is 5.92 Å². The quantitative estimate of drug-likeness (QED) is 0.833. The van der Waals surface area contributed by atoms with Crippen molar-refractivity contribution in [1.29, 1.82) is 0 Å². The molecule has 0 bridgehead atoms. The zero-order valence-corrected chi connectivity index (χ0v) is 14.8. The van der Waals surface area contributed by atoms with E-state index in [1.807, 2.05) is 11.8 Å². The third kappa shape index (κ3) is 3.97. The summed E-state index contributed by atoms with van der Waals surface area (Å²) in [7, 11) is 0. The standard InChI is InChI=1S/C20H28N2O2/c1-3-19(23)21-11-5-8-17(14-21)20(24)22(18-9-10-18)13-16-7-4-6-15(2)12-16/h4,6-7,12,17-18H,3,5,8-11,13-14H2,1-2H3. The van der Waals surface area contributed by atoms with Crippen molar-refractivity contribution < 1.29 is 9.59 Å². The van der Waals surface area contributed by atoms with Crippen LogP contribution in [0.15, 0.2) is 24.3 Å². The Bertz CT molecular complexity index is 609. The smallest absolute Gasteiger partial charge is 0.228 e. The first-order valence-corrected chi connectivity index (χ1v) is 9.22. The zero-order chi connectivity index (χ0) is 17.1. The summed E-state index contributed by atoms with van der Waals surface area (Å²) in [6.45, 7) is 6.08. The molecule has 24 heavy (non-hydrogen) atoms. The van der Waals surface area contributed by atoms with Gasteiger partial charge in [0.05, 0.1) is 5.92 Å². The zero-order valence-electron chi connectivity index (χ0n) is 14.8. The minimum Gasteiger partial charge on any atom is -0.342 e. The number of rotatable bonds is 5. The third-order valence-electron chi connectivity index (χ3n) is 5.13. The number of hydrogen-bond donors (Lipinski definition) is 0. The van der Waals surface area contributed by atoms with Crippen molar-refractivity contribution in [3.63, 3.8) is 0 Å². The lowest BCUT2D eigenvalue weighted by atomic mass is 9.95. The summed E-state index contributed by atoms with van der Waals surface area (Å²) < 4.78 is 0. The van der Waals surface area contributed by atoms with Gasteiger partial charge in [0.2, 0.25) is 11.8 Å². The van der Waals surface area contributed by atoms with Gasteiger partial charge >= 0.3 is 0 Å². The number of likely N-dealkylation sites (tertiary alicyclic amines) is 1. The summed E-state index contributed by atoms with van der Waals surface area (Å²) in [6, 6.07) is 8.81. The number of benzene rings is 1. The molecule has 1 atom stereocenters. The molecule has 1 aliphatic carbocycles. The maximum atomic E-state index is 13.1. The van der Waals surface area contributed by atoms with E-state index in [1.165, 1.54) is 11.1 Å². The summed E-state index contributed by atoms with van der Waals surface area (Å²) in [5.74, 6) is 0.386. The maximum Gasteiger partial charge on any atom is 0.228 e. The van der Waals surface area contributed by atoms with E-state index in [2.05, 4.69) is 36.1 Å². The van der Waals surface area contributed by atoms with Gasteiger partial charge < -0.3 is 9.80 Å². The van der Waals surface area contributed by atoms with Gasteiger partial charge in [-0.25, -0.2) is 0 Å². The van der Waals surface area contributed by atoms with E-state index in [0.717, 1.165) is 32.2 Å². The van der Waals surface area contributed by atoms with Gasteiger partial charge in [-0.3, -0.25) is 9.59 Å². The van der Waals surface area contributed by atoms with Gasteiger partial charge in [0.1, 0.15) is 0 Å². The molecular weight excluding hydrogens is 300 g/mol. The molecule has 1 aliphatic heterocycles. The van der Waals surface area contributed by atoms with E-state index in [9.17, 15) is 9.59 Å². The van der Waals surface area contributed by atoms with Crippen molar-refractivity contribution in [3.8, 4) is 0 Å². The molecule has 1 heterocycles. The highest BCUT2D eigenvalue weighted by molar-refractivity contribution is 5.82. The van der Waals surface area contributed by atoms with Gasteiger partial charge in [-0.1, -0.05) is 36.8 Å². The highest BCUT2D eigenvalue weighted by Gasteiger charge is 2.37. The molecule has 2 fully saturated rings. The Balaban J connectivity index is 1.69. The highest BCUT2D eigenvalue weighted by Crippen LogP contribution is 2.31.